The average molecular weight is 183 g/mol. The maximum Gasteiger partial charge on any atom is 0.254 e. The highest BCUT2D eigenvalue weighted by molar-refractivity contribution is 6.68. The molecule has 12 heavy (non-hydrogen) atoms. The number of carbonyl (C=O) groups is 1. The molecule has 0 spiro atoms. The minimum atomic E-state index is -0.559. The zero-order valence-electron chi connectivity index (χ0n) is 5.82. The van der Waals surface area contributed by atoms with Crippen molar-refractivity contribution in [3.8, 4) is 0 Å². The van der Waals surface area contributed by atoms with Crippen molar-refractivity contribution in [3.05, 3.63) is 23.8 Å². The molecule has 1 aromatic carbocycles. The van der Waals surface area contributed by atoms with Gasteiger partial charge in [0.05, 0.1) is 5.56 Å². The van der Waals surface area contributed by atoms with Crippen LogP contribution in [0.2, 0.25) is 0 Å². The molecule has 60 valence electrons. The Bertz CT molecular complexity index is 438. The van der Waals surface area contributed by atoms with E-state index in [0.717, 1.165) is 0 Å². The predicted octanol–water partition coefficient (Wildman–Crippen LogP) is 1.60. The van der Waals surface area contributed by atoms with Gasteiger partial charge in [-0.1, -0.05) is 6.07 Å². The summed E-state index contributed by atoms with van der Waals surface area (Å²) in [4.78, 5) is 10.8. The second kappa shape index (κ2) is 2.57. The first-order chi connectivity index (χ1) is 5.79. The normalized spacial score (nSPS) is 10.4. The molecule has 0 aliphatic rings. The second-order valence-corrected chi connectivity index (χ2v) is 2.55. The Morgan fingerprint density at radius 2 is 2.25 bits per heavy atom. The zero-order chi connectivity index (χ0) is 8.55. The molecule has 4 nitrogen and oxygen atoms in total. The fraction of sp³-hybridized carbons (Fsp3) is 0. The summed E-state index contributed by atoms with van der Waals surface area (Å²) >= 11 is 5.29. The van der Waals surface area contributed by atoms with Crippen LogP contribution in [0, 0.1) is 0 Å². The van der Waals surface area contributed by atoms with E-state index >= 15 is 0 Å². The summed E-state index contributed by atoms with van der Waals surface area (Å²) in [5, 5.41) is 6.55. The third-order valence-electron chi connectivity index (χ3n) is 1.50. The van der Waals surface area contributed by atoms with Crippen LogP contribution < -0.4 is 0 Å². The molecule has 2 aromatic rings. The Hall–Kier alpha value is -1.42. The van der Waals surface area contributed by atoms with Gasteiger partial charge >= 0.3 is 0 Å². The number of nitrogens with zero attached hydrogens (tertiary/aromatic N) is 2. The van der Waals surface area contributed by atoms with E-state index in [4.69, 9.17) is 11.6 Å². The van der Waals surface area contributed by atoms with Crippen molar-refractivity contribution < 1.29 is 9.42 Å². The first kappa shape index (κ1) is 7.24. The van der Waals surface area contributed by atoms with E-state index in [0.29, 0.717) is 16.6 Å². The summed E-state index contributed by atoms with van der Waals surface area (Å²) < 4.78 is 4.44. The Morgan fingerprint density at radius 3 is 3.00 bits per heavy atom. The highest BCUT2D eigenvalue weighted by atomic mass is 35.5. The van der Waals surface area contributed by atoms with E-state index in [1.165, 1.54) is 0 Å². The number of rotatable bonds is 1. The van der Waals surface area contributed by atoms with Crippen molar-refractivity contribution >= 4 is 27.9 Å². The maximum atomic E-state index is 10.8. The molecule has 0 fully saturated rings. The van der Waals surface area contributed by atoms with Crippen molar-refractivity contribution in [1.29, 1.82) is 0 Å². The fourth-order valence-electron chi connectivity index (χ4n) is 0.965. The molecule has 0 saturated carbocycles. The van der Waals surface area contributed by atoms with Gasteiger partial charge in [-0.3, -0.25) is 4.79 Å². The number of benzene rings is 1. The molecule has 0 radical (unpaired) electrons. The van der Waals surface area contributed by atoms with Crippen molar-refractivity contribution in [3.63, 3.8) is 0 Å². The van der Waals surface area contributed by atoms with Crippen LogP contribution in [0.4, 0.5) is 0 Å². The lowest BCUT2D eigenvalue weighted by Crippen LogP contribution is -1.89. The van der Waals surface area contributed by atoms with E-state index in [1.54, 1.807) is 18.2 Å². The lowest BCUT2D eigenvalue weighted by molar-refractivity contribution is 0.108. The molecule has 0 aliphatic carbocycles. The molecule has 0 unspecified atom stereocenters. The van der Waals surface area contributed by atoms with Gasteiger partial charge in [-0.25, -0.2) is 4.63 Å². The smallest absolute Gasteiger partial charge is 0.254 e. The lowest BCUT2D eigenvalue weighted by Gasteiger charge is -1.90. The molecule has 0 atom stereocenters. The van der Waals surface area contributed by atoms with E-state index in [9.17, 15) is 4.79 Å². The number of aromatic nitrogens is 2. The summed E-state index contributed by atoms with van der Waals surface area (Å²) in [6, 6.07) is 4.93. The van der Waals surface area contributed by atoms with Gasteiger partial charge in [0.2, 0.25) is 0 Å². The quantitative estimate of drug-likeness (QED) is 0.629. The Balaban J connectivity index is 2.82. The fourth-order valence-corrected chi connectivity index (χ4v) is 1.12. The van der Waals surface area contributed by atoms with Crippen LogP contribution in [0.1, 0.15) is 10.4 Å². The van der Waals surface area contributed by atoms with Crippen LogP contribution in [0.5, 0.6) is 0 Å². The van der Waals surface area contributed by atoms with Crippen molar-refractivity contribution in [2.75, 3.05) is 0 Å². The number of carbonyl (C=O) groups excluding carboxylic acids is 1. The summed E-state index contributed by atoms with van der Waals surface area (Å²) in [5.41, 5.74) is 1.24. The zero-order valence-corrected chi connectivity index (χ0v) is 6.58. The van der Waals surface area contributed by atoms with E-state index < -0.39 is 5.24 Å². The van der Waals surface area contributed by atoms with Gasteiger partial charge < -0.3 is 0 Å². The van der Waals surface area contributed by atoms with Crippen LogP contribution in [-0.4, -0.2) is 15.6 Å². The molecule has 0 bridgehead atoms. The minimum Gasteiger partial charge on any atom is -0.276 e. The van der Waals surface area contributed by atoms with Gasteiger partial charge in [-0.15, -0.1) is 0 Å². The highest BCUT2D eigenvalue weighted by Gasteiger charge is 2.10. The molecular formula is C7H3ClN2O2. The highest BCUT2D eigenvalue weighted by Crippen LogP contribution is 2.15. The van der Waals surface area contributed by atoms with Gasteiger partial charge in [0.1, 0.15) is 11.0 Å². The minimum absolute atomic E-state index is 0.315. The number of halogens is 1. The summed E-state index contributed by atoms with van der Waals surface area (Å²) in [6.07, 6.45) is 0. The third-order valence-corrected chi connectivity index (χ3v) is 1.70. The topological polar surface area (TPSA) is 56.0 Å². The summed E-state index contributed by atoms with van der Waals surface area (Å²) in [7, 11) is 0. The van der Waals surface area contributed by atoms with Crippen molar-refractivity contribution in [2.24, 2.45) is 0 Å². The number of fused-ring (bicyclic) bond motifs is 1. The first-order valence-electron chi connectivity index (χ1n) is 3.20. The Morgan fingerprint density at radius 1 is 1.42 bits per heavy atom. The lowest BCUT2D eigenvalue weighted by atomic mass is 10.2. The molecule has 5 heteroatoms. The van der Waals surface area contributed by atoms with Gasteiger partial charge in [0.25, 0.3) is 5.24 Å². The summed E-state index contributed by atoms with van der Waals surface area (Å²) in [5.74, 6) is 0. The molecule has 0 aliphatic heterocycles. The van der Waals surface area contributed by atoms with Crippen molar-refractivity contribution in [2.45, 2.75) is 0 Å². The van der Waals surface area contributed by atoms with Crippen LogP contribution in [0.15, 0.2) is 22.8 Å². The van der Waals surface area contributed by atoms with Gasteiger partial charge in [0.15, 0.2) is 0 Å². The molecule has 0 amide bonds. The number of hydrogen-bond donors (Lipinski definition) is 0. The van der Waals surface area contributed by atoms with Crippen LogP contribution >= 0.6 is 11.6 Å². The largest absolute Gasteiger partial charge is 0.276 e. The third kappa shape index (κ3) is 0.967. The van der Waals surface area contributed by atoms with E-state index in [1.807, 2.05) is 0 Å². The Kier molecular flexibility index (Phi) is 1.55. The molecule has 0 saturated heterocycles. The predicted molar refractivity (Wildman–Crippen MR) is 42.0 cm³/mol. The molecule has 1 heterocycles. The van der Waals surface area contributed by atoms with E-state index in [2.05, 4.69) is 14.9 Å². The Labute approximate surface area is 72.1 Å². The maximum absolute atomic E-state index is 10.8. The SMILES string of the molecule is O=C(Cl)c1cccc2nonc12. The molecule has 1 aromatic heterocycles. The molecule has 2 rings (SSSR count). The summed E-state index contributed by atoms with van der Waals surface area (Å²) in [6.45, 7) is 0. The average Bonchev–Trinajstić information content (AvgIpc) is 2.49. The van der Waals surface area contributed by atoms with Crippen LogP contribution in [0.3, 0.4) is 0 Å². The molecular weight excluding hydrogens is 180 g/mol. The molecule has 0 N–H and O–H groups in total. The standard InChI is InChI=1S/C7H3ClN2O2/c8-7(11)4-2-1-3-5-6(4)10-12-9-5/h1-3H. The van der Waals surface area contributed by atoms with Gasteiger partial charge in [-0.2, -0.15) is 0 Å². The van der Waals surface area contributed by atoms with Crippen LogP contribution in [0.25, 0.3) is 11.0 Å². The first-order valence-corrected chi connectivity index (χ1v) is 3.58. The van der Waals surface area contributed by atoms with Gasteiger partial charge in [0, 0.05) is 0 Å². The van der Waals surface area contributed by atoms with Crippen molar-refractivity contribution in [1.82, 2.24) is 10.3 Å². The van der Waals surface area contributed by atoms with E-state index in [-0.39, 0.29) is 0 Å². The number of hydrogen-bond acceptors (Lipinski definition) is 4. The second-order valence-electron chi connectivity index (χ2n) is 2.21. The monoisotopic (exact) mass is 182 g/mol. The van der Waals surface area contributed by atoms with Gasteiger partial charge in [-0.05, 0) is 34.0 Å². The van der Waals surface area contributed by atoms with Crippen LogP contribution in [-0.2, 0) is 0 Å².